The molecule has 0 aliphatic carbocycles. The molecule has 2 aliphatic rings. The number of hydrogen-bond donors (Lipinski definition) is 0. The fraction of sp³-hybridized carbons (Fsp3) is 0.750. The highest BCUT2D eigenvalue weighted by molar-refractivity contribution is 6.61. The molecule has 1 atom stereocenters. The molecule has 1 aromatic heterocycles. The zero-order valence-corrected chi connectivity index (χ0v) is 12.7. The molecule has 0 amide bonds. The van der Waals surface area contributed by atoms with Crippen molar-refractivity contribution < 1.29 is 28.5 Å². The molecule has 5 nitrogen and oxygen atoms in total. The molecule has 120 valence electrons. The van der Waals surface area contributed by atoms with Crippen LogP contribution in [0.4, 0.5) is 5.95 Å². The summed E-state index contributed by atoms with van der Waals surface area (Å²) in [6.07, 6.45) is -9.22. The van der Waals surface area contributed by atoms with E-state index in [1.54, 1.807) is 27.7 Å². The predicted octanol–water partition coefficient (Wildman–Crippen LogP) is 2.01. The van der Waals surface area contributed by atoms with E-state index >= 15 is 0 Å². The maximum absolute atomic E-state index is 8.43. The SMILES string of the molecule is [2H]c1nc(N2C([2H])([2H])C([2H])([2H])C([2H])([2H])C([2H])(C([2H])([2H])[2H])C2([2H])[2H])nc([2H])c1B1OC(C)(C)C(C)(C)O1. The third-order valence-electron chi connectivity index (χ3n) is 3.82. The Bertz CT molecular complexity index is 1040. The third kappa shape index (κ3) is 2.86. The fourth-order valence-electron chi connectivity index (χ4n) is 1.85. The molecule has 3 rings (SSSR count). The van der Waals surface area contributed by atoms with E-state index in [-0.39, 0.29) is 10.4 Å². The molecule has 0 aromatic carbocycles. The van der Waals surface area contributed by atoms with Crippen molar-refractivity contribution in [3.8, 4) is 0 Å². The molecule has 1 unspecified atom stereocenters. The normalized spacial score (nSPS) is 49.6. The molecular weight excluding hydrogens is 277 g/mol. The summed E-state index contributed by atoms with van der Waals surface area (Å²) in [5, 5.41) is 0. The number of rotatable bonds is 2. The summed E-state index contributed by atoms with van der Waals surface area (Å²) in [6.45, 7) is -4.40. The van der Waals surface area contributed by atoms with Gasteiger partial charge in [-0.1, -0.05) is 6.85 Å². The first-order valence-corrected chi connectivity index (χ1v) is 6.73. The molecule has 0 bridgehead atoms. The van der Waals surface area contributed by atoms with Crippen molar-refractivity contribution in [3.63, 3.8) is 0 Å². The van der Waals surface area contributed by atoms with Crippen LogP contribution < -0.4 is 10.4 Å². The van der Waals surface area contributed by atoms with Crippen LogP contribution in [0.25, 0.3) is 0 Å². The molecule has 0 radical (unpaired) electrons. The lowest BCUT2D eigenvalue weighted by molar-refractivity contribution is 0.00578. The Morgan fingerprint density at radius 2 is 2.00 bits per heavy atom. The maximum atomic E-state index is 8.43. The van der Waals surface area contributed by atoms with Gasteiger partial charge in [-0.25, -0.2) is 9.97 Å². The van der Waals surface area contributed by atoms with E-state index in [9.17, 15) is 0 Å². The smallest absolute Gasteiger partial charge is 0.399 e. The highest BCUT2D eigenvalue weighted by Crippen LogP contribution is 2.36. The summed E-state index contributed by atoms with van der Waals surface area (Å²) < 4.78 is 126. The van der Waals surface area contributed by atoms with Gasteiger partial charge in [-0.15, -0.1) is 0 Å². The first-order valence-electron chi connectivity index (χ1n) is 13.7. The van der Waals surface area contributed by atoms with Gasteiger partial charge in [-0.2, -0.15) is 0 Å². The van der Waals surface area contributed by atoms with Crippen molar-refractivity contribution >= 4 is 18.5 Å². The number of piperidine rings is 1. The molecule has 0 saturated carbocycles. The summed E-state index contributed by atoms with van der Waals surface area (Å²) in [4.78, 5) is 7.23. The van der Waals surface area contributed by atoms with Gasteiger partial charge >= 0.3 is 7.12 Å². The van der Waals surface area contributed by atoms with Crippen molar-refractivity contribution in [2.24, 2.45) is 5.89 Å². The molecule has 0 N–H and O–H groups in total. The first-order chi connectivity index (χ1) is 15.7. The number of nitrogens with zero attached hydrogens (tertiary/aromatic N) is 3. The lowest BCUT2D eigenvalue weighted by Crippen LogP contribution is -2.41. The van der Waals surface area contributed by atoms with Crippen LogP contribution in [0.15, 0.2) is 12.3 Å². The minimum Gasteiger partial charge on any atom is -0.399 e. The van der Waals surface area contributed by atoms with E-state index in [2.05, 4.69) is 9.97 Å². The molecule has 6 heteroatoms. The van der Waals surface area contributed by atoms with Crippen molar-refractivity contribution in [3.05, 3.63) is 12.3 Å². The molecule has 2 fully saturated rings. The van der Waals surface area contributed by atoms with Crippen LogP contribution in [-0.2, 0) is 9.31 Å². The molecule has 22 heavy (non-hydrogen) atoms. The van der Waals surface area contributed by atoms with Crippen LogP contribution in [0, 0.1) is 5.89 Å². The van der Waals surface area contributed by atoms with Crippen LogP contribution >= 0.6 is 0 Å². The quantitative estimate of drug-likeness (QED) is 0.781. The average Bonchev–Trinajstić information content (AvgIpc) is 2.84. The summed E-state index contributed by atoms with van der Waals surface area (Å²) in [6, 6.07) is 0. The Morgan fingerprint density at radius 3 is 2.59 bits per heavy atom. The largest absolute Gasteiger partial charge is 0.498 e. The summed E-state index contributed by atoms with van der Waals surface area (Å²) in [7, 11) is -1.29. The highest BCUT2D eigenvalue weighted by atomic mass is 16.7. The van der Waals surface area contributed by atoms with Gasteiger partial charge < -0.3 is 14.2 Å². The minimum atomic E-state index is -3.89. The molecule has 2 saturated heterocycles. The summed E-state index contributed by atoms with van der Waals surface area (Å²) in [5.74, 6) is -5.00. The van der Waals surface area contributed by atoms with Crippen molar-refractivity contribution in [2.75, 3.05) is 17.9 Å². The van der Waals surface area contributed by atoms with E-state index in [1.807, 2.05) is 0 Å². The number of anilines is 1. The second-order valence-electron chi connectivity index (χ2n) is 5.93. The van der Waals surface area contributed by atoms with E-state index in [4.69, 9.17) is 28.5 Å². The predicted molar refractivity (Wildman–Crippen MR) is 88.4 cm³/mol. The van der Waals surface area contributed by atoms with Crippen LogP contribution in [-0.4, -0.2) is 41.3 Å². The van der Waals surface area contributed by atoms with Gasteiger partial charge in [0.25, 0.3) is 0 Å². The van der Waals surface area contributed by atoms with Gasteiger partial charge in [-0.05, 0) is 46.3 Å². The Labute approximate surface area is 153 Å². The van der Waals surface area contributed by atoms with Crippen LogP contribution in [0.1, 0.15) is 66.5 Å². The Kier molecular flexibility index (Phi) is 1.51. The van der Waals surface area contributed by atoms with Gasteiger partial charge in [-0.3, -0.25) is 0 Å². The van der Waals surface area contributed by atoms with Crippen LogP contribution in [0.2, 0.25) is 0 Å². The standard InChI is InChI=1S/C16H26BN3O2/c1-12-7-6-8-20(11-12)14-18-9-13(10-19-14)17-21-15(2,3)16(4,5)22-17/h9-10,12H,6-8,11H2,1-5H3/i1D3,6D2,7D2,8D2,9D,10D,11D2,12D. The average molecular weight is 317 g/mol. The van der Waals surface area contributed by atoms with E-state index in [0.29, 0.717) is 0 Å². The van der Waals surface area contributed by atoms with Crippen molar-refractivity contribution in [2.45, 2.75) is 58.5 Å². The van der Waals surface area contributed by atoms with Gasteiger partial charge in [0.15, 0.2) is 0 Å². The molecule has 1 aromatic rings. The minimum absolute atomic E-state index is 0.204. The Morgan fingerprint density at radius 1 is 1.36 bits per heavy atom. The van der Waals surface area contributed by atoms with E-state index in [0.717, 1.165) is 0 Å². The van der Waals surface area contributed by atoms with Gasteiger partial charge in [0, 0.05) is 47.3 Å². The molecule has 0 spiro atoms. The van der Waals surface area contributed by atoms with Gasteiger partial charge in [0.1, 0.15) is 0 Å². The lowest BCUT2D eigenvalue weighted by Gasteiger charge is -2.32. The Balaban J connectivity index is 2.26. The van der Waals surface area contributed by atoms with E-state index in [1.165, 1.54) is 0 Å². The van der Waals surface area contributed by atoms with E-state index < -0.39 is 75.1 Å². The Hall–Kier alpha value is -1.14. The summed E-state index contributed by atoms with van der Waals surface area (Å²) in [5.41, 5.74) is -2.03. The first kappa shape index (κ1) is 6.06. The van der Waals surface area contributed by atoms with Crippen LogP contribution in [0.5, 0.6) is 0 Å². The third-order valence-corrected chi connectivity index (χ3v) is 3.82. The van der Waals surface area contributed by atoms with Gasteiger partial charge in [0.2, 0.25) is 5.95 Å². The topological polar surface area (TPSA) is 47.5 Å². The lowest BCUT2D eigenvalue weighted by atomic mass is 9.81. The van der Waals surface area contributed by atoms with Crippen LogP contribution in [0.3, 0.4) is 0 Å². The zero-order chi connectivity index (χ0) is 28.3. The molecular formula is C16H26BN3O2. The summed E-state index contributed by atoms with van der Waals surface area (Å²) >= 11 is 0. The monoisotopic (exact) mass is 317 g/mol. The zero-order valence-electron chi connectivity index (χ0n) is 26.7. The highest BCUT2D eigenvalue weighted by Gasteiger charge is 2.51. The van der Waals surface area contributed by atoms with Crippen molar-refractivity contribution in [1.82, 2.24) is 9.97 Å². The maximum Gasteiger partial charge on any atom is 0.498 e. The molecule has 3 heterocycles. The molecule has 2 aliphatic heterocycles. The second-order valence-corrected chi connectivity index (χ2v) is 5.93. The van der Waals surface area contributed by atoms with Crippen molar-refractivity contribution in [1.29, 1.82) is 0 Å². The van der Waals surface area contributed by atoms with Gasteiger partial charge in [0.05, 0.1) is 13.9 Å². The second kappa shape index (κ2) is 5.50. The fourth-order valence-corrected chi connectivity index (χ4v) is 1.85. The number of aromatic nitrogens is 2. The number of hydrogen-bond acceptors (Lipinski definition) is 5.